The third kappa shape index (κ3) is 7.24. The smallest absolute Gasteiger partial charge is 0.107 e. The van der Waals surface area contributed by atoms with Crippen molar-refractivity contribution in [1.82, 2.24) is 19.9 Å². The maximum absolute atomic E-state index is 5.59. The second kappa shape index (κ2) is 13.8. The van der Waals surface area contributed by atoms with E-state index in [2.05, 4.69) is 56.3 Å². The van der Waals surface area contributed by atoms with Gasteiger partial charge in [0.25, 0.3) is 0 Å². The minimum absolute atomic E-state index is 0. The van der Waals surface area contributed by atoms with Gasteiger partial charge < -0.3 is 71.1 Å². The molecule has 31 heavy (non-hydrogen) atoms. The van der Waals surface area contributed by atoms with Gasteiger partial charge in [0.2, 0.25) is 0 Å². The molecule has 0 aliphatic rings. The van der Waals surface area contributed by atoms with Crippen LogP contribution in [0.5, 0.6) is 0 Å². The molecule has 0 amide bonds. The highest BCUT2D eigenvalue weighted by molar-refractivity contribution is 5.77. The molecular weight excluding hydrogens is 478 g/mol. The molecule has 0 aliphatic carbocycles. The topological polar surface area (TPSA) is 109 Å². The molecule has 172 valence electrons. The fourth-order valence-electron chi connectivity index (χ4n) is 3.45. The first-order chi connectivity index (χ1) is 13.2. The number of nitrogens with one attached hydrogen (secondary N) is 2. The molecule has 0 atom stereocenters. The quantitative estimate of drug-likeness (QED) is 0.191. The predicted octanol–water partition coefficient (Wildman–Crippen LogP) is -9.17. The van der Waals surface area contributed by atoms with Gasteiger partial charge in [-0.25, -0.2) is 9.97 Å². The normalized spacial score (nSPS) is 10.1. The summed E-state index contributed by atoms with van der Waals surface area (Å²) in [5.41, 5.74) is 17.9. The number of rotatable bonds is 8. The van der Waals surface area contributed by atoms with Crippen LogP contribution in [0.2, 0.25) is 0 Å². The molecule has 6 nitrogen and oxygen atoms in total. The van der Waals surface area contributed by atoms with Crippen LogP contribution in [0.3, 0.4) is 0 Å². The Balaban J connectivity index is 0.00000225. The van der Waals surface area contributed by atoms with E-state index in [0.29, 0.717) is 13.1 Å². The van der Waals surface area contributed by atoms with E-state index in [0.717, 1.165) is 65.8 Å². The highest BCUT2D eigenvalue weighted by atomic mass is 35.5. The van der Waals surface area contributed by atoms with Gasteiger partial charge in [0, 0.05) is 12.8 Å². The standard InChI is InChI=1S/C21H26N6.4ClH/c22-9-1-3-20-24-16-7-5-14(12-18(16)26-20)11-15-6-8-17-19(13-15)27-21(25-17)4-2-10-23;;;;/h5-8,12-13H,1-4,9-11,22-23H2,(H,24,26)(H,25,27);4*1H/p-4. The molecule has 4 rings (SSSR count). The number of aromatic amines is 2. The Morgan fingerprint density at radius 2 is 1.06 bits per heavy atom. The van der Waals surface area contributed by atoms with Crippen LogP contribution in [-0.4, -0.2) is 33.0 Å². The van der Waals surface area contributed by atoms with Crippen LogP contribution >= 0.6 is 0 Å². The summed E-state index contributed by atoms with van der Waals surface area (Å²) in [6, 6.07) is 12.9. The van der Waals surface area contributed by atoms with Crippen LogP contribution in [0.4, 0.5) is 0 Å². The molecular formula is C21H26Cl4N6-4. The number of H-pyrrole nitrogens is 2. The number of hydrogen-bond acceptors (Lipinski definition) is 4. The Morgan fingerprint density at radius 3 is 1.45 bits per heavy atom. The number of benzene rings is 2. The number of nitrogens with two attached hydrogens (primary N) is 2. The first-order valence-corrected chi connectivity index (χ1v) is 9.60. The Morgan fingerprint density at radius 1 is 0.645 bits per heavy atom. The van der Waals surface area contributed by atoms with E-state index in [-0.39, 0.29) is 49.6 Å². The first-order valence-electron chi connectivity index (χ1n) is 9.60. The molecule has 0 bridgehead atoms. The van der Waals surface area contributed by atoms with Crippen molar-refractivity contribution in [2.24, 2.45) is 11.5 Å². The number of halogens is 4. The van der Waals surface area contributed by atoms with E-state index in [1.54, 1.807) is 0 Å². The van der Waals surface area contributed by atoms with Gasteiger partial charge in [-0.15, -0.1) is 0 Å². The molecule has 0 saturated carbocycles. The Kier molecular flexibility index (Phi) is 13.1. The van der Waals surface area contributed by atoms with Gasteiger partial charge in [-0.2, -0.15) is 0 Å². The van der Waals surface area contributed by atoms with Crippen molar-refractivity contribution < 1.29 is 49.6 Å². The first kappa shape index (κ1) is 29.5. The number of fused-ring (bicyclic) bond motifs is 2. The fraction of sp³-hybridized carbons (Fsp3) is 0.333. The maximum atomic E-state index is 5.59. The van der Waals surface area contributed by atoms with Crippen molar-refractivity contribution in [3.8, 4) is 0 Å². The summed E-state index contributed by atoms with van der Waals surface area (Å²) in [6.45, 7) is 1.37. The van der Waals surface area contributed by atoms with E-state index < -0.39 is 0 Å². The highest BCUT2D eigenvalue weighted by Crippen LogP contribution is 2.20. The molecule has 0 spiro atoms. The molecule has 0 aliphatic heterocycles. The molecule has 0 radical (unpaired) electrons. The van der Waals surface area contributed by atoms with Crippen LogP contribution < -0.4 is 61.1 Å². The van der Waals surface area contributed by atoms with Crippen molar-refractivity contribution in [2.75, 3.05) is 13.1 Å². The van der Waals surface area contributed by atoms with Crippen molar-refractivity contribution in [2.45, 2.75) is 32.1 Å². The minimum Gasteiger partial charge on any atom is -1.00 e. The summed E-state index contributed by atoms with van der Waals surface area (Å²) >= 11 is 0. The lowest BCUT2D eigenvalue weighted by Gasteiger charge is -2.02. The number of aryl methyl sites for hydroxylation is 2. The van der Waals surface area contributed by atoms with Gasteiger partial charge in [-0.1, -0.05) is 12.1 Å². The van der Waals surface area contributed by atoms with Crippen molar-refractivity contribution in [3.05, 3.63) is 59.2 Å². The van der Waals surface area contributed by atoms with Gasteiger partial charge in [0.05, 0.1) is 22.1 Å². The number of imidazole rings is 2. The lowest BCUT2D eigenvalue weighted by Crippen LogP contribution is -3.00. The van der Waals surface area contributed by atoms with Gasteiger partial charge in [-0.05, 0) is 67.7 Å². The molecule has 4 aromatic rings. The average Bonchev–Trinajstić information content (AvgIpc) is 3.27. The number of nitrogens with zero attached hydrogens (tertiary/aromatic N) is 2. The summed E-state index contributed by atoms with van der Waals surface area (Å²) in [5, 5.41) is 0. The van der Waals surface area contributed by atoms with Crippen LogP contribution in [0.15, 0.2) is 36.4 Å². The lowest BCUT2D eigenvalue weighted by molar-refractivity contribution is -0.00100. The summed E-state index contributed by atoms with van der Waals surface area (Å²) in [5.74, 6) is 2.02. The van der Waals surface area contributed by atoms with E-state index in [4.69, 9.17) is 11.5 Å². The molecule has 0 unspecified atom stereocenters. The zero-order valence-electron chi connectivity index (χ0n) is 17.0. The predicted molar refractivity (Wildman–Crippen MR) is 110 cm³/mol. The van der Waals surface area contributed by atoms with Crippen LogP contribution in [-0.2, 0) is 19.3 Å². The summed E-state index contributed by atoms with van der Waals surface area (Å²) in [7, 11) is 0. The largest absolute Gasteiger partial charge is 1.00 e. The summed E-state index contributed by atoms with van der Waals surface area (Å²) in [4.78, 5) is 16.1. The fourth-order valence-corrected chi connectivity index (χ4v) is 3.45. The molecule has 6 N–H and O–H groups in total. The maximum Gasteiger partial charge on any atom is 0.107 e. The molecule has 2 aromatic carbocycles. The van der Waals surface area contributed by atoms with E-state index in [1.807, 2.05) is 0 Å². The van der Waals surface area contributed by atoms with Crippen molar-refractivity contribution in [1.29, 1.82) is 0 Å². The SMILES string of the molecule is NCCCc1nc2ccc(Cc3ccc4nc(CCCN)[nH]c4c3)cc2[nH]1.[Cl-].[Cl-].[Cl-].[Cl-]. The van der Waals surface area contributed by atoms with E-state index in [9.17, 15) is 0 Å². The molecule has 10 heteroatoms. The van der Waals surface area contributed by atoms with Gasteiger partial charge in [-0.3, -0.25) is 0 Å². The van der Waals surface area contributed by atoms with E-state index >= 15 is 0 Å². The van der Waals surface area contributed by atoms with Crippen LogP contribution in [0.25, 0.3) is 22.1 Å². The second-order valence-electron chi connectivity index (χ2n) is 7.03. The molecule has 2 aromatic heterocycles. The average molecular weight is 504 g/mol. The minimum atomic E-state index is 0. The Labute approximate surface area is 207 Å². The Bertz CT molecular complexity index is 979. The molecule has 0 saturated heterocycles. The van der Waals surface area contributed by atoms with Gasteiger partial charge >= 0.3 is 0 Å². The van der Waals surface area contributed by atoms with Crippen LogP contribution in [0, 0.1) is 0 Å². The highest BCUT2D eigenvalue weighted by Gasteiger charge is 2.07. The zero-order valence-corrected chi connectivity index (χ0v) is 20.0. The third-order valence-corrected chi connectivity index (χ3v) is 4.83. The Hall–Kier alpha value is -1.54. The molecule has 2 heterocycles. The van der Waals surface area contributed by atoms with E-state index in [1.165, 1.54) is 11.1 Å². The van der Waals surface area contributed by atoms with Gasteiger partial charge in [0.1, 0.15) is 11.6 Å². The summed E-state index contributed by atoms with van der Waals surface area (Å²) in [6.07, 6.45) is 4.56. The van der Waals surface area contributed by atoms with Gasteiger partial charge in [0.15, 0.2) is 0 Å². The number of aromatic nitrogens is 4. The monoisotopic (exact) mass is 502 g/mol. The third-order valence-electron chi connectivity index (χ3n) is 4.83. The van der Waals surface area contributed by atoms with Crippen LogP contribution in [0.1, 0.15) is 35.6 Å². The number of hydrogen-bond donors (Lipinski definition) is 4. The lowest BCUT2D eigenvalue weighted by atomic mass is 10.0. The summed E-state index contributed by atoms with van der Waals surface area (Å²) < 4.78 is 0. The zero-order chi connectivity index (χ0) is 18.6. The molecule has 0 fully saturated rings. The van der Waals surface area contributed by atoms with Crippen molar-refractivity contribution in [3.63, 3.8) is 0 Å². The van der Waals surface area contributed by atoms with Crippen molar-refractivity contribution >= 4 is 22.1 Å². The second-order valence-corrected chi connectivity index (χ2v) is 7.03.